The van der Waals surface area contributed by atoms with E-state index >= 15 is 0 Å². The molecule has 0 aliphatic rings. The van der Waals surface area contributed by atoms with Gasteiger partial charge in [-0.1, -0.05) is 26.3 Å². The van der Waals surface area contributed by atoms with Gasteiger partial charge in [0.2, 0.25) is 0 Å². The summed E-state index contributed by atoms with van der Waals surface area (Å²) in [4.78, 5) is 4.67. The van der Waals surface area contributed by atoms with E-state index in [4.69, 9.17) is 0 Å². The number of fused-ring (bicyclic) bond motifs is 1. The van der Waals surface area contributed by atoms with E-state index in [1.807, 2.05) is 0 Å². The number of hydrogen-bond acceptors (Lipinski definition) is 1. The Morgan fingerprint density at radius 1 is 1.35 bits per heavy atom. The maximum atomic E-state index is 4.67. The Morgan fingerprint density at radius 3 is 2.82 bits per heavy atom. The van der Waals surface area contributed by atoms with Crippen molar-refractivity contribution in [1.29, 1.82) is 0 Å². The van der Waals surface area contributed by atoms with Gasteiger partial charge in [0.15, 0.2) is 0 Å². The monoisotopic (exact) mass is 294 g/mol. The molecule has 0 spiro atoms. The molecule has 0 fully saturated rings. The van der Waals surface area contributed by atoms with Gasteiger partial charge in [0.25, 0.3) is 0 Å². The molecule has 0 atom stereocenters. The number of hydrogen-bond donors (Lipinski definition) is 0. The van der Waals surface area contributed by atoms with Gasteiger partial charge in [0, 0.05) is 6.20 Å². The normalized spacial score (nSPS) is 11.6. The smallest absolute Gasteiger partial charge is 0.137 e. The summed E-state index contributed by atoms with van der Waals surface area (Å²) in [7, 11) is 0. The molecule has 0 aromatic carbocycles. The predicted molar refractivity (Wildman–Crippen MR) is 75.4 cm³/mol. The van der Waals surface area contributed by atoms with E-state index in [1.165, 1.54) is 24.1 Å². The Bertz CT molecular complexity index is 514. The number of aromatic nitrogens is 2. The van der Waals surface area contributed by atoms with E-state index in [-0.39, 0.29) is 0 Å². The second kappa shape index (κ2) is 5.21. The van der Waals surface area contributed by atoms with Crippen LogP contribution in [0, 0.1) is 12.8 Å². The fraction of sp³-hybridized carbons (Fsp3) is 0.500. The van der Waals surface area contributed by atoms with Crippen molar-refractivity contribution in [2.45, 2.75) is 40.0 Å². The van der Waals surface area contributed by atoms with Gasteiger partial charge in [-0.25, -0.2) is 4.98 Å². The number of pyridine rings is 1. The quantitative estimate of drug-likeness (QED) is 0.818. The summed E-state index contributed by atoms with van der Waals surface area (Å²) in [6, 6.07) is 4.18. The fourth-order valence-electron chi connectivity index (χ4n) is 2.01. The van der Waals surface area contributed by atoms with E-state index in [9.17, 15) is 0 Å². The zero-order chi connectivity index (χ0) is 12.4. The van der Waals surface area contributed by atoms with Crippen molar-refractivity contribution in [2.75, 3.05) is 0 Å². The summed E-state index contributed by atoms with van der Waals surface area (Å²) in [5, 5.41) is 0. The number of aryl methyl sites for hydroxylation is 2. The molecule has 0 aliphatic heterocycles. The molecule has 2 heterocycles. The van der Waals surface area contributed by atoms with Gasteiger partial charge in [-0.3, -0.25) is 4.40 Å². The van der Waals surface area contributed by atoms with Crippen LogP contribution >= 0.6 is 15.9 Å². The van der Waals surface area contributed by atoms with Gasteiger partial charge in [0.1, 0.15) is 10.3 Å². The number of halogens is 1. The topological polar surface area (TPSA) is 17.3 Å². The zero-order valence-electron chi connectivity index (χ0n) is 10.7. The zero-order valence-corrected chi connectivity index (χ0v) is 12.3. The van der Waals surface area contributed by atoms with Crippen molar-refractivity contribution < 1.29 is 0 Å². The van der Waals surface area contributed by atoms with Crippen LogP contribution in [0.15, 0.2) is 22.9 Å². The molecule has 0 aliphatic carbocycles. The summed E-state index contributed by atoms with van der Waals surface area (Å²) in [6.07, 6.45) is 5.65. The van der Waals surface area contributed by atoms with Gasteiger partial charge < -0.3 is 0 Å². The van der Waals surface area contributed by atoms with E-state index in [0.717, 1.165) is 22.6 Å². The highest BCUT2D eigenvalue weighted by atomic mass is 79.9. The highest BCUT2D eigenvalue weighted by molar-refractivity contribution is 9.10. The van der Waals surface area contributed by atoms with Crippen molar-refractivity contribution in [3.63, 3.8) is 0 Å². The van der Waals surface area contributed by atoms with Gasteiger partial charge in [-0.2, -0.15) is 0 Å². The van der Waals surface area contributed by atoms with E-state index < -0.39 is 0 Å². The summed E-state index contributed by atoms with van der Waals surface area (Å²) >= 11 is 3.65. The second-order valence-corrected chi connectivity index (χ2v) is 5.82. The molecule has 92 valence electrons. The molecule has 0 N–H and O–H groups in total. The maximum absolute atomic E-state index is 4.67. The lowest BCUT2D eigenvalue weighted by Crippen LogP contribution is -1.92. The summed E-state index contributed by atoms with van der Waals surface area (Å²) in [6.45, 7) is 6.63. The van der Waals surface area contributed by atoms with E-state index in [1.54, 1.807) is 0 Å². The molecule has 17 heavy (non-hydrogen) atoms. The third-order valence-electron chi connectivity index (χ3n) is 2.97. The van der Waals surface area contributed by atoms with E-state index in [2.05, 4.69) is 64.4 Å². The summed E-state index contributed by atoms with van der Waals surface area (Å²) in [5.74, 6) is 0.771. The Morgan fingerprint density at radius 2 is 2.12 bits per heavy atom. The van der Waals surface area contributed by atoms with Gasteiger partial charge >= 0.3 is 0 Å². The van der Waals surface area contributed by atoms with Crippen LogP contribution in [0.3, 0.4) is 0 Å². The van der Waals surface area contributed by atoms with Crippen molar-refractivity contribution in [2.24, 2.45) is 5.92 Å². The van der Waals surface area contributed by atoms with Gasteiger partial charge in [-0.15, -0.1) is 0 Å². The first-order valence-electron chi connectivity index (χ1n) is 6.21. The highest BCUT2D eigenvalue weighted by Crippen LogP contribution is 2.21. The molecule has 2 aromatic rings. The van der Waals surface area contributed by atoms with Crippen LogP contribution in [0.4, 0.5) is 0 Å². The van der Waals surface area contributed by atoms with Crippen molar-refractivity contribution in [1.82, 2.24) is 9.38 Å². The average Bonchev–Trinajstić information content (AvgIpc) is 2.56. The molecule has 0 saturated carbocycles. The van der Waals surface area contributed by atoms with Crippen LogP contribution in [-0.4, -0.2) is 9.38 Å². The third-order valence-corrected chi connectivity index (χ3v) is 3.81. The third kappa shape index (κ3) is 2.89. The lowest BCUT2D eigenvalue weighted by Gasteiger charge is -2.02. The van der Waals surface area contributed by atoms with Crippen LogP contribution in [0.2, 0.25) is 0 Å². The minimum Gasteiger partial charge on any atom is -0.294 e. The molecular weight excluding hydrogens is 276 g/mol. The maximum Gasteiger partial charge on any atom is 0.137 e. The molecule has 3 heteroatoms. The molecule has 0 saturated heterocycles. The van der Waals surface area contributed by atoms with Gasteiger partial charge in [-0.05, 0) is 53.2 Å². The van der Waals surface area contributed by atoms with Gasteiger partial charge in [0.05, 0.1) is 5.69 Å². The number of rotatable bonds is 4. The molecule has 0 unspecified atom stereocenters. The Labute approximate surface area is 111 Å². The largest absolute Gasteiger partial charge is 0.294 e. The number of nitrogens with zero attached hydrogens (tertiary/aromatic N) is 2. The minimum absolute atomic E-state index is 0.771. The van der Waals surface area contributed by atoms with Crippen LogP contribution < -0.4 is 0 Å². The molecule has 2 nitrogen and oxygen atoms in total. The van der Waals surface area contributed by atoms with Crippen LogP contribution in [0.5, 0.6) is 0 Å². The lowest BCUT2D eigenvalue weighted by molar-refractivity contribution is 0.553. The number of imidazole rings is 1. The van der Waals surface area contributed by atoms with Crippen molar-refractivity contribution in [3.05, 3.63) is 34.2 Å². The molecule has 0 amide bonds. The Balaban J connectivity index is 2.20. The minimum atomic E-state index is 0.771. The first kappa shape index (κ1) is 12.6. The standard InChI is InChI=1S/C14H19BrN2/c1-10(2)5-4-6-12-14(15)17-9-11(3)7-8-13(17)16-12/h7-10H,4-6H2,1-3H3. The molecule has 2 rings (SSSR count). The van der Waals surface area contributed by atoms with Crippen molar-refractivity contribution in [3.8, 4) is 0 Å². The predicted octanol–water partition coefficient (Wildman–Crippen LogP) is 4.38. The Hall–Kier alpha value is -0.830. The van der Waals surface area contributed by atoms with Crippen LogP contribution in [0.1, 0.15) is 37.9 Å². The lowest BCUT2D eigenvalue weighted by atomic mass is 10.1. The van der Waals surface area contributed by atoms with Crippen molar-refractivity contribution >= 4 is 21.6 Å². The highest BCUT2D eigenvalue weighted by Gasteiger charge is 2.09. The summed E-state index contributed by atoms with van der Waals surface area (Å²) < 4.78 is 3.24. The summed E-state index contributed by atoms with van der Waals surface area (Å²) in [5.41, 5.74) is 3.46. The second-order valence-electron chi connectivity index (χ2n) is 5.07. The average molecular weight is 295 g/mol. The molecule has 0 bridgehead atoms. The molecular formula is C14H19BrN2. The fourth-order valence-corrected chi connectivity index (χ4v) is 2.58. The Kier molecular flexibility index (Phi) is 3.87. The van der Waals surface area contributed by atoms with Crippen LogP contribution in [0.25, 0.3) is 5.65 Å². The first-order chi connectivity index (χ1) is 8.08. The molecule has 0 radical (unpaired) electrons. The SMILES string of the molecule is Cc1ccc2nc(CCCC(C)C)c(Br)n2c1. The van der Waals surface area contributed by atoms with Crippen LogP contribution in [-0.2, 0) is 6.42 Å². The first-order valence-corrected chi connectivity index (χ1v) is 7.00. The van der Waals surface area contributed by atoms with E-state index in [0.29, 0.717) is 0 Å². The molecule has 2 aromatic heterocycles.